The van der Waals surface area contributed by atoms with Crippen LogP contribution in [0.25, 0.3) is 5.65 Å². The Bertz CT molecular complexity index is 1300. The van der Waals surface area contributed by atoms with Gasteiger partial charge in [0, 0.05) is 24.7 Å². The summed E-state index contributed by atoms with van der Waals surface area (Å²) in [4.78, 5) is 12.4. The molecular formula is C19H23F5N6O2S. The van der Waals surface area contributed by atoms with E-state index in [0.717, 1.165) is 17.9 Å². The second-order valence-electron chi connectivity index (χ2n) is 7.36. The minimum atomic E-state index is -10.1. The number of methoxy groups -OCH3 is 1. The first-order chi connectivity index (χ1) is 15.1. The van der Waals surface area contributed by atoms with Crippen molar-refractivity contribution < 1.29 is 29.0 Å². The van der Waals surface area contributed by atoms with E-state index in [0.29, 0.717) is 24.5 Å². The van der Waals surface area contributed by atoms with Gasteiger partial charge in [-0.15, -0.1) is 10.2 Å². The normalized spacial score (nSPS) is 14.1. The quantitative estimate of drug-likeness (QED) is 0.362. The number of hydrogen-bond donors (Lipinski definition) is 1. The highest BCUT2D eigenvalue weighted by Gasteiger charge is 2.65. The van der Waals surface area contributed by atoms with Crippen molar-refractivity contribution in [3.05, 3.63) is 41.0 Å². The highest BCUT2D eigenvalue weighted by Crippen LogP contribution is 3.02. The molecule has 1 N–H and O–H groups in total. The lowest BCUT2D eigenvalue weighted by molar-refractivity contribution is 0.0965. The fraction of sp³-hybridized carbons (Fsp3) is 0.368. The third-order valence-electron chi connectivity index (χ3n) is 5.03. The van der Waals surface area contributed by atoms with Crippen LogP contribution in [0.4, 0.5) is 25.2 Å². The Kier molecular flexibility index (Phi) is 5.51. The molecule has 0 fully saturated rings. The fourth-order valence-electron chi connectivity index (χ4n) is 3.26. The van der Waals surface area contributed by atoms with Gasteiger partial charge in [-0.3, -0.25) is 10.2 Å². The first kappa shape index (κ1) is 24.5. The molecular weight excluding hydrogens is 471 g/mol. The van der Waals surface area contributed by atoms with E-state index >= 15 is 0 Å². The largest absolute Gasteiger partial charge is 0.497 e. The molecule has 14 heteroatoms. The SMILES string of the molecule is CCN(CC)c1cc(C)c2nn(CC(=O)c3cc(OC)cc(S(F)(F)(F)(F)F)c3)c(=N)n2n1. The van der Waals surface area contributed by atoms with Gasteiger partial charge in [0.1, 0.15) is 23.0 Å². The molecule has 0 aliphatic carbocycles. The zero-order valence-electron chi connectivity index (χ0n) is 18.3. The first-order valence-corrected chi connectivity index (χ1v) is 11.8. The molecule has 3 rings (SSSR count). The summed E-state index contributed by atoms with van der Waals surface area (Å²) in [5.41, 5.74) is -0.000386. The third kappa shape index (κ3) is 4.94. The molecule has 182 valence electrons. The van der Waals surface area contributed by atoms with Crippen LogP contribution in [0.3, 0.4) is 0 Å². The average molecular weight is 494 g/mol. The van der Waals surface area contributed by atoms with Crippen LogP contribution in [0.2, 0.25) is 0 Å². The minimum Gasteiger partial charge on any atom is -0.497 e. The molecule has 0 saturated heterocycles. The number of nitrogens with zero attached hydrogens (tertiary/aromatic N) is 5. The summed E-state index contributed by atoms with van der Waals surface area (Å²) < 4.78 is 73.4. The number of benzene rings is 1. The molecule has 33 heavy (non-hydrogen) atoms. The summed E-state index contributed by atoms with van der Waals surface area (Å²) in [6.07, 6.45) is 0. The van der Waals surface area contributed by atoms with E-state index in [1.807, 2.05) is 18.7 Å². The van der Waals surface area contributed by atoms with Crippen molar-refractivity contribution in [3.8, 4) is 5.75 Å². The Morgan fingerprint density at radius 1 is 1.09 bits per heavy atom. The molecule has 0 aliphatic rings. The van der Waals surface area contributed by atoms with Crippen LogP contribution in [0, 0.1) is 12.3 Å². The molecule has 0 radical (unpaired) electrons. The molecule has 0 bridgehead atoms. The van der Waals surface area contributed by atoms with Crippen molar-refractivity contribution in [3.63, 3.8) is 0 Å². The summed E-state index contributed by atoms with van der Waals surface area (Å²) in [6, 6.07) is 2.93. The van der Waals surface area contributed by atoms with Crippen LogP contribution < -0.4 is 15.3 Å². The summed E-state index contributed by atoms with van der Waals surface area (Å²) in [5.74, 6) is -0.917. The van der Waals surface area contributed by atoms with Crippen molar-refractivity contribution in [1.29, 1.82) is 5.41 Å². The van der Waals surface area contributed by atoms with Crippen molar-refractivity contribution in [1.82, 2.24) is 19.4 Å². The van der Waals surface area contributed by atoms with Gasteiger partial charge in [0.2, 0.25) is 5.62 Å². The molecule has 3 aromatic rings. The van der Waals surface area contributed by atoms with Gasteiger partial charge in [0.15, 0.2) is 11.4 Å². The number of halogens is 5. The highest BCUT2D eigenvalue weighted by molar-refractivity contribution is 8.45. The van der Waals surface area contributed by atoms with Crippen LogP contribution >= 0.6 is 10.2 Å². The summed E-state index contributed by atoms with van der Waals surface area (Å²) in [5, 5.41) is 16.9. The number of anilines is 1. The van der Waals surface area contributed by atoms with Crippen LogP contribution in [0.5, 0.6) is 5.75 Å². The molecule has 0 amide bonds. The molecule has 1 aromatic carbocycles. The highest BCUT2D eigenvalue weighted by atomic mass is 32.5. The Morgan fingerprint density at radius 2 is 1.73 bits per heavy atom. The number of Topliss-reactive ketones (excluding diaryl/α,β-unsaturated/α-hetero) is 1. The maximum atomic E-state index is 13.3. The molecule has 0 atom stereocenters. The Morgan fingerprint density at radius 3 is 2.27 bits per heavy atom. The number of carbonyl (C=O) groups is 1. The van der Waals surface area contributed by atoms with Crippen LogP contribution in [0.15, 0.2) is 29.2 Å². The predicted molar refractivity (Wildman–Crippen MR) is 114 cm³/mol. The number of carbonyl (C=O) groups excluding carboxylic acids is 1. The smallest absolute Gasteiger partial charge is 0.310 e. The fourth-order valence-corrected chi connectivity index (χ4v) is 3.95. The molecule has 0 saturated carbocycles. The maximum Gasteiger partial charge on any atom is 0.310 e. The van der Waals surface area contributed by atoms with Gasteiger partial charge < -0.3 is 9.64 Å². The lowest BCUT2D eigenvalue weighted by atomic mass is 10.1. The zero-order chi connectivity index (χ0) is 24.8. The van der Waals surface area contributed by atoms with Gasteiger partial charge >= 0.3 is 10.2 Å². The van der Waals surface area contributed by atoms with Crippen molar-refractivity contribution in [2.24, 2.45) is 0 Å². The lowest BCUT2D eigenvalue weighted by Crippen LogP contribution is -2.28. The van der Waals surface area contributed by atoms with E-state index in [9.17, 15) is 24.2 Å². The van der Waals surface area contributed by atoms with Gasteiger partial charge in [-0.05, 0) is 44.5 Å². The van der Waals surface area contributed by atoms with E-state index in [2.05, 4.69) is 14.9 Å². The van der Waals surface area contributed by atoms with E-state index in [1.165, 1.54) is 4.52 Å². The Balaban J connectivity index is 2.05. The summed E-state index contributed by atoms with van der Waals surface area (Å²) in [7, 11) is -9.05. The second-order valence-corrected chi connectivity index (χ2v) is 9.77. The van der Waals surface area contributed by atoms with Crippen molar-refractivity contribution in [2.45, 2.75) is 32.2 Å². The monoisotopic (exact) mass is 494 g/mol. The standard InChI is InChI=1S/C19H23F5N6O2S/c1-5-28(6-2)17-7-12(3)18-27-29(19(25)30(18)26-17)11-16(31)13-8-14(32-4)10-15(9-13)33(20,21,22,23)24/h7-10,25H,5-6,11H2,1-4H3. The van der Waals surface area contributed by atoms with Crippen LogP contribution in [-0.4, -0.2) is 45.4 Å². The van der Waals surface area contributed by atoms with Crippen molar-refractivity contribution >= 4 is 27.5 Å². The van der Waals surface area contributed by atoms with Crippen LogP contribution in [0.1, 0.15) is 29.8 Å². The van der Waals surface area contributed by atoms with Gasteiger partial charge in [-0.1, -0.05) is 19.4 Å². The molecule has 0 aliphatic heterocycles. The third-order valence-corrected chi connectivity index (χ3v) is 6.15. The number of ether oxygens (including phenoxy) is 1. The molecule has 8 nitrogen and oxygen atoms in total. The minimum absolute atomic E-state index is 0.0916. The van der Waals surface area contributed by atoms with Gasteiger partial charge in [-0.2, -0.15) is 4.52 Å². The molecule has 2 heterocycles. The zero-order valence-corrected chi connectivity index (χ0v) is 19.1. The van der Waals surface area contributed by atoms with Crippen molar-refractivity contribution in [2.75, 3.05) is 25.1 Å². The lowest BCUT2D eigenvalue weighted by Gasteiger charge is -2.40. The van der Waals surface area contributed by atoms with E-state index in [1.54, 1.807) is 13.0 Å². The number of nitrogens with one attached hydrogen (secondary N) is 1. The number of fused-ring (bicyclic) bond motifs is 1. The number of ketones is 1. The second kappa shape index (κ2) is 7.43. The van der Waals surface area contributed by atoms with Crippen LogP contribution in [-0.2, 0) is 6.54 Å². The molecule has 0 spiro atoms. The first-order valence-electron chi connectivity index (χ1n) is 9.81. The maximum absolute atomic E-state index is 13.3. The number of rotatable bonds is 8. The summed E-state index contributed by atoms with van der Waals surface area (Å²) >= 11 is 0. The van der Waals surface area contributed by atoms with E-state index < -0.39 is 38.8 Å². The average Bonchev–Trinajstić information content (AvgIpc) is 3.03. The predicted octanol–water partition coefficient (Wildman–Crippen LogP) is 4.71. The molecule has 2 aromatic heterocycles. The number of aromatic nitrogens is 4. The van der Waals surface area contributed by atoms with E-state index in [4.69, 9.17) is 5.41 Å². The number of hydrogen-bond acceptors (Lipinski definition) is 6. The number of aryl methyl sites for hydroxylation is 1. The Hall–Kier alpha value is -3.16. The van der Waals surface area contributed by atoms with E-state index in [-0.39, 0.29) is 23.4 Å². The topological polar surface area (TPSA) is 88.5 Å². The van der Waals surface area contributed by atoms with Gasteiger partial charge in [0.25, 0.3) is 0 Å². The molecule has 0 unspecified atom stereocenters. The summed E-state index contributed by atoms with van der Waals surface area (Å²) in [6.45, 7) is 6.29. The van der Waals surface area contributed by atoms with Gasteiger partial charge in [0.05, 0.1) is 7.11 Å². The Labute approximate surface area is 185 Å². The van der Waals surface area contributed by atoms with Gasteiger partial charge in [-0.25, -0.2) is 4.68 Å².